The molecule has 0 radical (unpaired) electrons. The van der Waals surface area contributed by atoms with E-state index in [1.54, 1.807) is 0 Å². The number of thioether (sulfide) groups is 1. The molecule has 1 fully saturated rings. The lowest BCUT2D eigenvalue weighted by molar-refractivity contribution is 0.366. The van der Waals surface area contributed by atoms with Gasteiger partial charge in [-0.3, -0.25) is 5.32 Å². The summed E-state index contributed by atoms with van der Waals surface area (Å²) in [5.74, 6) is 4.76. The summed E-state index contributed by atoms with van der Waals surface area (Å²) < 4.78 is 5.12. The maximum absolute atomic E-state index is 5.13. The Morgan fingerprint density at radius 1 is 1.47 bits per heavy atom. The van der Waals surface area contributed by atoms with Gasteiger partial charge in [-0.15, -0.1) is 6.42 Å². The first-order valence-corrected chi connectivity index (χ1v) is 7.00. The van der Waals surface area contributed by atoms with E-state index in [1.165, 1.54) is 25.7 Å². The predicted molar refractivity (Wildman–Crippen MR) is 68.4 cm³/mol. The molecule has 1 heterocycles. The summed E-state index contributed by atoms with van der Waals surface area (Å²) in [5, 5.41) is 7.77. The summed E-state index contributed by atoms with van der Waals surface area (Å²) >= 11 is 1.94. The van der Waals surface area contributed by atoms with Gasteiger partial charge in [-0.2, -0.15) is 16.7 Å². The second kappa shape index (κ2) is 6.67. The molecule has 0 saturated heterocycles. The normalized spacial score (nSPS) is 16.2. The highest BCUT2D eigenvalue weighted by molar-refractivity contribution is 7.99. The minimum Gasteiger partial charge on any atom is -0.338 e. The molecule has 0 unspecified atom stereocenters. The highest BCUT2D eigenvalue weighted by atomic mass is 32.2. The van der Waals surface area contributed by atoms with Crippen LogP contribution in [0.1, 0.15) is 37.4 Å². The van der Waals surface area contributed by atoms with E-state index in [4.69, 9.17) is 10.9 Å². The molecular weight excluding hydrogens is 234 g/mol. The van der Waals surface area contributed by atoms with Crippen molar-refractivity contribution >= 4 is 11.8 Å². The van der Waals surface area contributed by atoms with Crippen LogP contribution in [0.15, 0.2) is 4.52 Å². The molecule has 0 aromatic carbocycles. The molecule has 1 aliphatic carbocycles. The zero-order valence-electron chi connectivity index (χ0n) is 9.82. The van der Waals surface area contributed by atoms with E-state index in [0.717, 1.165) is 16.8 Å². The summed E-state index contributed by atoms with van der Waals surface area (Å²) in [6.07, 6.45) is 10.5. The molecule has 2 rings (SSSR count). The molecule has 17 heavy (non-hydrogen) atoms. The van der Waals surface area contributed by atoms with E-state index >= 15 is 0 Å². The maximum Gasteiger partial charge on any atom is 0.240 e. The summed E-state index contributed by atoms with van der Waals surface area (Å²) in [5.41, 5.74) is 0. The Bertz CT molecular complexity index is 379. The monoisotopic (exact) mass is 251 g/mol. The van der Waals surface area contributed by atoms with Gasteiger partial charge in [-0.05, 0) is 12.8 Å². The van der Waals surface area contributed by atoms with Crippen molar-refractivity contribution in [1.82, 2.24) is 15.5 Å². The van der Waals surface area contributed by atoms with Gasteiger partial charge >= 0.3 is 0 Å². The second-order valence-corrected chi connectivity index (χ2v) is 5.42. The maximum atomic E-state index is 5.13. The second-order valence-electron chi connectivity index (χ2n) is 4.13. The van der Waals surface area contributed by atoms with Crippen LogP contribution in [-0.2, 0) is 12.3 Å². The number of terminal acetylenes is 1. The lowest BCUT2D eigenvalue weighted by atomic mass is 10.4. The highest BCUT2D eigenvalue weighted by Gasteiger charge is 2.16. The van der Waals surface area contributed by atoms with Gasteiger partial charge in [-0.25, -0.2) is 0 Å². The third kappa shape index (κ3) is 4.06. The molecule has 1 aliphatic rings. The first-order valence-electron chi connectivity index (χ1n) is 5.95. The van der Waals surface area contributed by atoms with Crippen LogP contribution < -0.4 is 5.32 Å². The van der Waals surface area contributed by atoms with Gasteiger partial charge in [0.1, 0.15) is 0 Å². The van der Waals surface area contributed by atoms with E-state index in [1.807, 2.05) is 11.8 Å². The van der Waals surface area contributed by atoms with Gasteiger partial charge in [0.25, 0.3) is 0 Å². The molecule has 5 heteroatoms. The Labute approximate surface area is 106 Å². The molecule has 1 aromatic rings. The lowest BCUT2D eigenvalue weighted by Crippen LogP contribution is -2.13. The minimum atomic E-state index is 0.522. The Kier molecular flexibility index (Phi) is 4.89. The molecule has 0 aliphatic heterocycles. The van der Waals surface area contributed by atoms with E-state index in [2.05, 4.69) is 21.4 Å². The summed E-state index contributed by atoms with van der Waals surface area (Å²) in [4.78, 5) is 4.31. The standard InChI is InChI=1S/C12H17N3OS/c1-2-7-13-8-12-14-11(15-16-12)9-17-10-5-3-4-6-10/h1,10,13H,3-9H2. The Morgan fingerprint density at radius 2 is 2.29 bits per heavy atom. The van der Waals surface area contributed by atoms with Gasteiger partial charge in [0.2, 0.25) is 5.89 Å². The van der Waals surface area contributed by atoms with Crippen LogP contribution in [0.5, 0.6) is 0 Å². The molecular formula is C12H17N3OS. The molecule has 0 spiro atoms. The van der Waals surface area contributed by atoms with Crippen molar-refractivity contribution in [2.24, 2.45) is 0 Å². The van der Waals surface area contributed by atoms with Crippen molar-refractivity contribution in [3.05, 3.63) is 11.7 Å². The largest absolute Gasteiger partial charge is 0.338 e. The molecule has 1 saturated carbocycles. The van der Waals surface area contributed by atoms with Crippen LogP contribution in [0.25, 0.3) is 0 Å². The van der Waals surface area contributed by atoms with Crippen molar-refractivity contribution in [3.63, 3.8) is 0 Å². The Morgan fingerprint density at radius 3 is 3.06 bits per heavy atom. The molecule has 1 aromatic heterocycles. The zero-order valence-corrected chi connectivity index (χ0v) is 10.6. The quantitative estimate of drug-likeness (QED) is 0.619. The summed E-state index contributed by atoms with van der Waals surface area (Å²) in [6, 6.07) is 0. The Balaban J connectivity index is 1.71. The molecule has 4 nitrogen and oxygen atoms in total. The molecule has 0 atom stereocenters. The zero-order chi connectivity index (χ0) is 11.9. The van der Waals surface area contributed by atoms with E-state index < -0.39 is 0 Å². The van der Waals surface area contributed by atoms with E-state index in [0.29, 0.717) is 19.0 Å². The summed E-state index contributed by atoms with van der Waals surface area (Å²) in [6.45, 7) is 1.07. The fourth-order valence-corrected chi connectivity index (χ4v) is 3.08. The number of rotatable bonds is 6. The SMILES string of the molecule is C#CCNCc1nc(CSC2CCCC2)no1. The van der Waals surface area contributed by atoms with Crippen LogP contribution in [0.4, 0.5) is 0 Å². The lowest BCUT2D eigenvalue weighted by Gasteiger charge is -2.04. The van der Waals surface area contributed by atoms with Crippen LogP contribution in [0.2, 0.25) is 0 Å². The molecule has 0 amide bonds. The van der Waals surface area contributed by atoms with Gasteiger partial charge in [-0.1, -0.05) is 23.9 Å². The third-order valence-electron chi connectivity index (χ3n) is 2.76. The number of hydrogen-bond donors (Lipinski definition) is 1. The topological polar surface area (TPSA) is 51.0 Å². The molecule has 92 valence electrons. The van der Waals surface area contributed by atoms with Crippen LogP contribution >= 0.6 is 11.8 Å². The minimum absolute atomic E-state index is 0.522. The summed E-state index contributed by atoms with van der Waals surface area (Å²) in [7, 11) is 0. The van der Waals surface area contributed by atoms with Crippen LogP contribution in [0, 0.1) is 12.3 Å². The Hall–Kier alpha value is -0.990. The smallest absolute Gasteiger partial charge is 0.240 e. The first kappa shape index (κ1) is 12.5. The number of aromatic nitrogens is 2. The van der Waals surface area contributed by atoms with Gasteiger partial charge in [0, 0.05) is 5.25 Å². The molecule has 0 bridgehead atoms. The fourth-order valence-electron chi connectivity index (χ4n) is 1.91. The predicted octanol–water partition coefficient (Wildman–Crippen LogP) is 1.97. The van der Waals surface area contributed by atoms with Crippen LogP contribution in [0.3, 0.4) is 0 Å². The third-order valence-corrected chi connectivity index (χ3v) is 4.13. The average Bonchev–Trinajstić information content (AvgIpc) is 2.98. The van der Waals surface area contributed by atoms with Gasteiger partial charge in [0.05, 0.1) is 18.8 Å². The van der Waals surface area contributed by atoms with Crippen molar-refractivity contribution in [2.45, 2.75) is 43.2 Å². The van der Waals surface area contributed by atoms with Gasteiger partial charge in [0.15, 0.2) is 5.82 Å². The van der Waals surface area contributed by atoms with Crippen molar-refractivity contribution in [1.29, 1.82) is 0 Å². The van der Waals surface area contributed by atoms with E-state index in [-0.39, 0.29) is 0 Å². The first-order chi connectivity index (χ1) is 8.38. The fraction of sp³-hybridized carbons (Fsp3) is 0.667. The van der Waals surface area contributed by atoms with Crippen LogP contribution in [-0.4, -0.2) is 21.9 Å². The number of hydrogen-bond acceptors (Lipinski definition) is 5. The van der Waals surface area contributed by atoms with Crippen molar-refractivity contribution in [3.8, 4) is 12.3 Å². The van der Waals surface area contributed by atoms with Crippen molar-refractivity contribution < 1.29 is 4.52 Å². The van der Waals surface area contributed by atoms with Gasteiger partial charge < -0.3 is 4.52 Å². The number of nitrogens with zero attached hydrogens (tertiary/aromatic N) is 2. The average molecular weight is 251 g/mol. The van der Waals surface area contributed by atoms with E-state index in [9.17, 15) is 0 Å². The highest BCUT2D eigenvalue weighted by Crippen LogP contribution is 2.30. The molecule has 1 N–H and O–H groups in total. The number of nitrogens with one attached hydrogen (secondary N) is 1. The van der Waals surface area contributed by atoms with Crippen molar-refractivity contribution in [2.75, 3.05) is 6.54 Å².